The van der Waals surface area contributed by atoms with E-state index in [0.29, 0.717) is 18.8 Å². The Morgan fingerprint density at radius 3 is 2.18 bits per heavy atom. The predicted molar refractivity (Wildman–Crippen MR) is 66.5 cm³/mol. The molecule has 4 heteroatoms. The largest absolute Gasteiger partial charge is 0.468 e. The first-order chi connectivity index (χ1) is 7.70. The van der Waals surface area contributed by atoms with E-state index in [1.54, 1.807) is 0 Å². The minimum absolute atomic E-state index is 0.0480. The van der Waals surface area contributed by atoms with Gasteiger partial charge in [0.25, 0.3) is 0 Å². The lowest BCUT2D eigenvalue weighted by Crippen LogP contribution is -2.73. The molecular weight excluding hydrogens is 216 g/mol. The molecule has 4 nitrogen and oxygen atoms in total. The first kappa shape index (κ1) is 12.8. The maximum atomic E-state index is 11.9. The second-order valence-corrected chi connectivity index (χ2v) is 6.76. The highest BCUT2D eigenvalue weighted by molar-refractivity contribution is 5.81. The van der Waals surface area contributed by atoms with Gasteiger partial charge in [0.2, 0.25) is 0 Å². The molecule has 3 N–H and O–H groups in total. The van der Waals surface area contributed by atoms with Crippen molar-refractivity contribution in [3.63, 3.8) is 0 Å². The van der Waals surface area contributed by atoms with Crippen LogP contribution in [0.15, 0.2) is 0 Å². The molecule has 2 aliphatic heterocycles. The molecule has 2 atom stereocenters. The summed E-state index contributed by atoms with van der Waals surface area (Å²) in [6.45, 7) is 6.62. The number of fused-ring (bicyclic) bond motifs is 2. The number of rotatable bonds is 1. The molecule has 2 fully saturated rings. The van der Waals surface area contributed by atoms with Crippen LogP contribution in [0.4, 0.5) is 0 Å². The zero-order chi connectivity index (χ0) is 12.9. The molecular formula is C13H24N2O2. The van der Waals surface area contributed by atoms with Crippen molar-refractivity contribution < 1.29 is 9.53 Å². The highest BCUT2D eigenvalue weighted by Crippen LogP contribution is 2.45. The van der Waals surface area contributed by atoms with Crippen molar-refractivity contribution in [2.24, 2.45) is 11.7 Å². The Balaban J connectivity index is 2.31. The normalized spacial score (nSPS) is 49.8. The second-order valence-electron chi connectivity index (χ2n) is 6.76. The average molecular weight is 240 g/mol. The second kappa shape index (κ2) is 3.69. The standard InChI is InChI=1S/C13H24N2O2/c1-9-5-11(2)7-13(14,10(16)17-4)8-12(3,6-9)15-11/h9,15H,5-8,14H2,1-4H3. The van der Waals surface area contributed by atoms with Gasteiger partial charge in [-0.1, -0.05) is 6.92 Å². The van der Waals surface area contributed by atoms with Crippen LogP contribution in [0, 0.1) is 5.92 Å². The van der Waals surface area contributed by atoms with Crippen LogP contribution in [0.3, 0.4) is 0 Å². The Kier molecular flexibility index (Phi) is 2.79. The third-order valence-corrected chi connectivity index (χ3v) is 4.20. The van der Waals surface area contributed by atoms with Gasteiger partial charge in [-0.15, -0.1) is 0 Å². The van der Waals surface area contributed by atoms with Gasteiger partial charge in [0.1, 0.15) is 5.54 Å². The third kappa shape index (κ3) is 2.20. The van der Waals surface area contributed by atoms with Crippen molar-refractivity contribution in [2.75, 3.05) is 7.11 Å². The lowest BCUT2D eigenvalue weighted by atomic mass is 9.61. The van der Waals surface area contributed by atoms with Gasteiger partial charge in [0.05, 0.1) is 7.11 Å². The van der Waals surface area contributed by atoms with Crippen LogP contribution < -0.4 is 11.1 Å². The molecule has 0 amide bonds. The van der Waals surface area contributed by atoms with Crippen LogP contribution in [0.1, 0.15) is 46.5 Å². The summed E-state index contributed by atoms with van der Waals surface area (Å²) in [5.74, 6) is 0.402. The molecule has 0 radical (unpaired) electrons. The number of carbonyl (C=O) groups is 1. The van der Waals surface area contributed by atoms with Gasteiger partial charge in [-0.3, -0.25) is 4.79 Å². The maximum Gasteiger partial charge on any atom is 0.325 e. The van der Waals surface area contributed by atoms with E-state index in [1.165, 1.54) is 7.11 Å². The van der Waals surface area contributed by atoms with Crippen LogP contribution in [0.5, 0.6) is 0 Å². The molecule has 0 aromatic heterocycles. The van der Waals surface area contributed by atoms with Crippen molar-refractivity contribution in [2.45, 2.75) is 63.1 Å². The molecule has 2 bridgehead atoms. The Bertz CT molecular complexity index is 324. The molecule has 2 heterocycles. The van der Waals surface area contributed by atoms with E-state index in [1.807, 2.05) is 0 Å². The van der Waals surface area contributed by atoms with Gasteiger partial charge in [-0.05, 0) is 45.4 Å². The Morgan fingerprint density at radius 1 is 1.29 bits per heavy atom. The lowest BCUT2D eigenvalue weighted by Gasteiger charge is -2.57. The van der Waals surface area contributed by atoms with Crippen LogP contribution in [-0.4, -0.2) is 29.7 Å². The quantitative estimate of drug-likeness (QED) is 0.676. The summed E-state index contributed by atoms with van der Waals surface area (Å²) in [4.78, 5) is 11.9. The molecule has 17 heavy (non-hydrogen) atoms. The summed E-state index contributed by atoms with van der Waals surface area (Å²) >= 11 is 0. The summed E-state index contributed by atoms with van der Waals surface area (Å²) in [5.41, 5.74) is 5.38. The van der Waals surface area contributed by atoms with Gasteiger partial charge in [0, 0.05) is 11.1 Å². The number of nitrogens with one attached hydrogen (secondary N) is 1. The van der Waals surface area contributed by atoms with E-state index in [9.17, 15) is 4.79 Å². The van der Waals surface area contributed by atoms with Crippen molar-refractivity contribution in [1.82, 2.24) is 5.32 Å². The highest BCUT2D eigenvalue weighted by atomic mass is 16.5. The third-order valence-electron chi connectivity index (χ3n) is 4.20. The fourth-order valence-corrected chi connectivity index (χ4v) is 4.48. The van der Waals surface area contributed by atoms with Gasteiger partial charge in [-0.2, -0.15) is 0 Å². The Hall–Kier alpha value is -0.610. The van der Waals surface area contributed by atoms with Crippen molar-refractivity contribution in [3.05, 3.63) is 0 Å². The first-order valence-corrected chi connectivity index (χ1v) is 6.37. The van der Waals surface area contributed by atoms with Crippen molar-refractivity contribution in [1.29, 1.82) is 0 Å². The van der Waals surface area contributed by atoms with E-state index in [0.717, 1.165) is 12.8 Å². The smallest absolute Gasteiger partial charge is 0.325 e. The van der Waals surface area contributed by atoms with Crippen LogP contribution in [0.25, 0.3) is 0 Å². The first-order valence-electron chi connectivity index (χ1n) is 6.37. The topological polar surface area (TPSA) is 64.3 Å². The van der Waals surface area contributed by atoms with Crippen LogP contribution >= 0.6 is 0 Å². The lowest BCUT2D eigenvalue weighted by molar-refractivity contribution is -0.152. The maximum absolute atomic E-state index is 11.9. The summed E-state index contributed by atoms with van der Waals surface area (Å²) in [6, 6.07) is 0. The molecule has 0 aliphatic carbocycles. The summed E-state index contributed by atoms with van der Waals surface area (Å²) < 4.78 is 4.88. The van der Waals surface area contributed by atoms with E-state index in [-0.39, 0.29) is 17.0 Å². The van der Waals surface area contributed by atoms with Crippen molar-refractivity contribution >= 4 is 5.97 Å². The molecule has 0 saturated carbocycles. The number of piperidine rings is 2. The van der Waals surface area contributed by atoms with Crippen LogP contribution in [-0.2, 0) is 9.53 Å². The van der Waals surface area contributed by atoms with Gasteiger partial charge in [-0.25, -0.2) is 0 Å². The van der Waals surface area contributed by atoms with E-state index in [2.05, 4.69) is 26.1 Å². The molecule has 2 aliphatic rings. The fourth-order valence-electron chi connectivity index (χ4n) is 4.48. The summed E-state index contributed by atoms with van der Waals surface area (Å²) in [6.07, 6.45) is 3.45. The molecule has 2 unspecified atom stereocenters. The van der Waals surface area contributed by atoms with E-state index >= 15 is 0 Å². The SMILES string of the molecule is COC(=O)C1(N)CC2(C)CC(C)CC(C)(C1)N2. The number of esters is 1. The molecule has 0 aromatic carbocycles. The van der Waals surface area contributed by atoms with Gasteiger partial charge >= 0.3 is 5.97 Å². The zero-order valence-corrected chi connectivity index (χ0v) is 11.3. The molecule has 98 valence electrons. The van der Waals surface area contributed by atoms with E-state index < -0.39 is 5.54 Å². The average Bonchev–Trinajstić information content (AvgIpc) is 2.10. The van der Waals surface area contributed by atoms with Gasteiger partial charge in [0.15, 0.2) is 0 Å². The molecule has 2 saturated heterocycles. The van der Waals surface area contributed by atoms with Gasteiger partial charge < -0.3 is 15.8 Å². The number of ether oxygens (including phenoxy) is 1. The van der Waals surface area contributed by atoms with E-state index in [4.69, 9.17) is 10.5 Å². The minimum atomic E-state index is -0.830. The van der Waals surface area contributed by atoms with Crippen LogP contribution in [0.2, 0.25) is 0 Å². The molecule has 2 rings (SSSR count). The fraction of sp³-hybridized carbons (Fsp3) is 0.923. The number of hydrogen-bond donors (Lipinski definition) is 2. The number of carbonyl (C=O) groups excluding carboxylic acids is 1. The highest BCUT2D eigenvalue weighted by Gasteiger charge is 2.55. The number of methoxy groups -OCH3 is 1. The Labute approximate surface area is 103 Å². The molecule has 0 spiro atoms. The molecule has 0 aromatic rings. The minimum Gasteiger partial charge on any atom is -0.468 e. The predicted octanol–water partition coefficient (Wildman–Crippen LogP) is 1.19. The van der Waals surface area contributed by atoms with Crippen molar-refractivity contribution in [3.8, 4) is 0 Å². The number of nitrogens with two attached hydrogens (primary N) is 1. The number of hydrogen-bond acceptors (Lipinski definition) is 4. The zero-order valence-electron chi connectivity index (χ0n) is 11.3. The Morgan fingerprint density at radius 2 is 1.76 bits per heavy atom. The monoisotopic (exact) mass is 240 g/mol. The summed E-state index contributed by atoms with van der Waals surface area (Å²) in [5, 5.41) is 3.68. The summed E-state index contributed by atoms with van der Waals surface area (Å²) in [7, 11) is 1.42.